The number of ether oxygens (including phenoxy) is 1. The Balaban J connectivity index is 1.39. The van der Waals surface area contributed by atoms with Crippen molar-refractivity contribution in [3.05, 3.63) is 54.4 Å². The van der Waals surface area contributed by atoms with Crippen LogP contribution in [0.15, 0.2) is 48.7 Å². The van der Waals surface area contributed by atoms with Gasteiger partial charge in [0, 0.05) is 70.5 Å². The molecule has 0 unspecified atom stereocenters. The van der Waals surface area contributed by atoms with Crippen molar-refractivity contribution in [3.63, 3.8) is 0 Å². The molecule has 0 spiro atoms. The molecule has 190 valence electrons. The number of pyridine rings is 1. The molecule has 1 aromatic carbocycles. The van der Waals surface area contributed by atoms with E-state index in [9.17, 15) is 4.79 Å². The fourth-order valence-electron chi connectivity index (χ4n) is 5.62. The third-order valence-electron chi connectivity index (χ3n) is 7.29. The van der Waals surface area contributed by atoms with Crippen molar-refractivity contribution in [2.45, 2.75) is 51.7 Å². The number of benzene rings is 1. The normalized spacial score (nSPS) is 21.8. The molecule has 35 heavy (non-hydrogen) atoms. The van der Waals surface area contributed by atoms with Crippen LogP contribution >= 0.6 is 0 Å². The molecule has 0 saturated carbocycles. The molecule has 7 nitrogen and oxygen atoms in total. The molecule has 1 aromatic heterocycles. The molecule has 2 atom stereocenters. The average molecular weight is 480 g/mol. The number of nitrogens with zero attached hydrogens (tertiary/aromatic N) is 4. The van der Waals surface area contributed by atoms with E-state index in [1.54, 1.807) is 7.11 Å². The van der Waals surface area contributed by atoms with E-state index in [-0.39, 0.29) is 11.9 Å². The first-order chi connectivity index (χ1) is 17.0. The van der Waals surface area contributed by atoms with Gasteiger partial charge in [0.15, 0.2) is 0 Å². The second-order valence-electron chi connectivity index (χ2n) is 10.1. The summed E-state index contributed by atoms with van der Waals surface area (Å²) in [7, 11) is 1.74. The lowest BCUT2D eigenvalue weighted by Gasteiger charge is -2.47. The predicted octanol–water partition coefficient (Wildman–Crippen LogP) is 3.41. The summed E-state index contributed by atoms with van der Waals surface area (Å²) in [6.45, 7) is 11.1. The Kier molecular flexibility index (Phi) is 8.99. The molecule has 2 aromatic rings. The molecule has 0 radical (unpaired) electrons. The van der Waals surface area contributed by atoms with Gasteiger partial charge in [-0.1, -0.05) is 18.2 Å². The molecule has 0 bridgehead atoms. The van der Waals surface area contributed by atoms with E-state index in [0.29, 0.717) is 18.4 Å². The third kappa shape index (κ3) is 6.95. The Hall–Kier alpha value is -2.64. The summed E-state index contributed by atoms with van der Waals surface area (Å²) in [5.74, 6) is 1.59. The molecule has 0 aliphatic carbocycles. The maximum atomic E-state index is 12.4. The number of carbonyl (C=O) groups excluding carboxylic acids is 1. The SMILES string of the molecule is COc1ccccc1N1CCN([C@@H]2CCN(Cc3ccccn3)C[C@@H]2CCC(=O)NC(C)C)CC1. The number of piperidine rings is 1. The highest BCUT2D eigenvalue weighted by Crippen LogP contribution is 2.31. The minimum atomic E-state index is 0.168. The topological polar surface area (TPSA) is 60.9 Å². The number of para-hydroxylation sites is 2. The second kappa shape index (κ2) is 12.4. The van der Waals surface area contributed by atoms with Gasteiger partial charge >= 0.3 is 0 Å². The Bertz CT molecular complexity index is 930. The number of likely N-dealkylation sites (tertiary alicyclic amines) is 1. The lowest BCUT2D eigenvalue weighted by Crippen LogP contribution is -2.56. The van der Waals surface area contributed by atoms with E-state index >= 15 is 0 Å². The van der Waals surface area contributed by atoms with Gasteiger partial charge in [-0.3, -0.25) is 19.6 Å². The molecule has 7 heteroatoms. The smallest absolute Gasteiger partial charge is 0.220 e. The molecule has 2 aliphatic rings. The van der Waals surface area contributed by atoms with Crippen LogP contribution in [0.3, 0.4) is 0 Å². The van der Waals surface area contributed by atoms with Crippen molar-refractivity contribution in [2.24, 2.45) is 5.92 Å². The van der Waals surface area contributed by atoms with E-state index in [0.717, 1.165) is 70.1 Å². The number of anilines is 1. The summed E-state index contributed by atoms with van der Waals surface area (Å²) < 4.78 is 5.60. The minimum absolute atomic E-state index is 0.168. The van der Waals surface area contributed by atoms with Crippen LogP contribution in [-0.4, -0.2) is 79.2 Å². The van der Waals surface area contributed by atoms with Crippen molar-refractivity contribution >= 4 is 11.6 Å². The van der Waals surface area contributed by atoms with Crippen LogP contribution < -0.4 is 15.0 Å². The highest BCUT2D eigenvalue weighted by atomic mass is 16.5. The van der Waals surface area contributed by atoms with Gasteiger partial charge in [0.1, 0.15) is 5.75 Å². The van der Waals surface area contributed by atoms with Crippen LogP contribution in [0.1, 0.15) is 38.8 Å². The maximum absolute atomic E-state index is 12.4. The molecule has 2 aliphatic heterocycles. The van der Waals surface area contributed by atoms with Crippen molar-refractivity contribution in [3.8, 4) is 5.75 Å². The molecular formula is C28H41N5O2. The Morgan fingerprint density at radius 1 is 1.09 bits per heavy atom. The first kappa shape index (κ1) is 25.5. The zero-order valence-corrected chi connectivity index (χ0v) is 21.5. The standard InChI is InChI=1S/C28H41N5O2/c1-22(2)30-28(34)12-11-23-20-31(21-24-8-6-7-14-29-24)15-13-25(23)32-16-18-33(19-17-32)26-9-4-5-10-27(26)35-3/h4-10,14,22-23,25H,11-13,15-21H2,1-3H3,(H,30,34)/t23-,25+/m0/s1. The predicted molar refractivity (Wildman–Crippen MR) is 141 cm³/mol. The first-order valence-electron chi connectivity index (χ1n) is 13.1. The van der Waals surface area contributed by atoms with Crippen molar-refractivity contribution in [2.75, 3.05) is 51.3 Å². The van der Waals surface area contributed by atoms with E-state index in [1.165, 1.54) is 5.69 Å². The Morgan fingerprint density at radius 2 is 1.86 bits per heavy atom. The van der Waals surface area contributed by atoms with Crippen LogP contribution in [-0.2, 0) is 11.3 Å². The molecule has 2 fully saturated rings. The third-order valence-corrected chi connectivity index (χ3v) is 7.29. The number of aromatic nitrogens is 1. The molecule has 2 saturated heterocycles. The zero-order valence-electron chi connectivity index (χ0n) is 21.5. The monoisotopic (exact) mass is 479 g/mol. The van der Waals surface area contributed by atoms with Crippen LogP contribution in [0.2, 0.25) is 0 Å². The van der Waals surface area contributed by atoms with Gasteiger partial charge < -0.3 is 15.0 Å². The Morgan fingerprint density at radius 3 is 2.57 bits per heavy atom. The van der Waals surface area contributed by atoms with Gasteiger partial charge in [0.05, 0.1) is 18.5 Å². The number of hydrogen-bond donors (Lipinski definition) is 1. The van der Waals surface area contributed by atoms with Crippen molar-refractivity contribution < 1.29 is 9.53 Å². The largest absolute Gasteiger partial charge is 0.495 e. The molecular weight excluding hydrogens is 438 g/mol. The molecule has 3 heterocycles. The molecule has 1 amide bonds. The highest BCUT2D eigenvalue weighted by Gasteiger charge is 2.35. The van der Waals surface area contributed by atoms with Gasteiger partial charge in [-0.25, -0.2) is 0 Å². The highest BCUT2D eigenvalue weighted by molar-refractivity contribution is 5.76. The maximum Gasteiger partial charge on any atom is 0.220 e. The van der Waals surface area contributed by atoms with Crippen LogP contribution in [0.25, 0.3) is 0 Å². The number of rotatable bonds is 9. The summed E-state index contributed by atoms with van der Waals surface area (Å²) in [5, 5.41) is 3.07. The van der Waals surface area contributed by atoms with Crippen molar-refractivity contribution in [1.29, 1.82) is 0 Å². The van der Waals surface area contributed by atoms with Gasteiger partial charge in [0.2, 0.25) is 5.91 Å². The summed E-state index contributed by atoms with van der Waals surface area (Å²) in [5.41, 5.74) is 2.30. The average Bonchev–Trinajstić information content (AvgIpc) is 2.88. The molecule has 1 N–H and O–H groups in total. The number of piperazine rings is 1. The van der Waals surface area contributed by atoms with Crippen LogP contribution in [0, 0.1) is 5.92 Å². The molecule has 4 rings (SSSR count). The lowest BCUT2D eigenvalue weighted by atomic mass is 9.86. The number of nitrogens with one attached hydrogen (secondary N) is 1. The summed E-state index contributed by atoms with van der Waals surface area (Å²) in [6, 6.07) is 15.1. The van der Waals surface area contributed by atoms with Crippen LogP contribution in [0.5, 0.6) is 5.75 Å². The van der Waals surface area contributed by atoms with E-state index in [4.69, 9.17) is 4.74 Å². The Labute approximate surface area is 210 Å². The zero-order chi connectivity index (χ0) is 24.6. The van der Waals surface area contributed by atoms with Gasteiger partial charge in [-0.05, 0) is 56.9 Å². The van der Waals surface area contributed by atoms with E-state index in [1.807, 2.05) is 38.2 Å². The second-order valence-corrected chi connectivity index (χ2v) is 10.1. The number of carbonyl (C=O) groups is 1. The van der Waals surface area contributed by atoms with Gasteiger partial charge in [0.25, 0.3) is 0 Å². The summed E-state index contributed by atoms with van der Waals surface area (Å²) in [6.07, 6.45) is 4.53. The fraction of sp³-hybridized carbons (Fsp3) is 0.571. The van der Waals surface area contributed by atoms with Gasteiger partial charge in [-0.2, -0.15) is 0 Å². The van der Waals surface area contributed by atoms with Gasteiger partial charge in [-0.15, -0.1) is 0 Å². The number of amides is 1. The fourth-order valence-corrected chi connectivity index (χ4v) is 5.62. The van der Waals surface area contributed by atoms with E-state index < -0.39 is 0 Å². The number of hydrogen-bond acceptors (Lipinski definition) is 6. The lowest BCUT2D eigenvalue weighted by molar-refractivity contribution is -0.122. The van der Waals surface area contributed by atoms with E-state index in [2.05, 4.69) is 49.3 Å². The van der Waals surface area contributed by atoms with Crippen molar-refractivity contribution in [1.82, 2.24) is 20.1 Å². The quantitative estimate of drug-likeness (QED) is 0.595. The minimum Gasteiger partial charge on any atom is -0.495 e. The summed E-state index contributed by atoms with van der Waals surface area (Å²) >= 11 is 0. The summed E-state index contributed by atoms with van der Waals surface area (Å²) in [4.78, 5) is 24.6. The van der Waals surface area contributed by atoms with Crippen LogP contribution in [0.4, 0.5) is 5.69 Å². The number of methoxy groups -OCH3 is 1. The first-order valence-corrected chi connectivity index (χ1v) is 13.1.